The maximum absolute atomic E-state index is 14.2. The van der Waals surface area contributed by atoms with Gasteiger partial charge < -0.3 is 0 Å². The highest BCUT2D eigenvalue weighted by atomic mass is 16.1. The summed E-state index contributed by atoms with van der Waals surface area (Å²) in [6.45, 7) is 7.35. The lowest BCUT2D eigenvalue weighted by Gasteiger charge is -2.32. The first-order valence-corrected chi connectivity index (χ1v) is 14.6. The van der Waals surface area contributed by atoms with Crippen molar-refractivity contribution >= 4 is 0 Å². The fraction of sp³-hybridized carbons (Fsp3) is 0.516. The molecule has 0 amide bonds. The van der Waals surface area contributed by atoms with Gasteiger partial charge in [-0.2, -0.15) is 5.21 Å². The number of aryl methyl sites for hydroxylation is 1. The van der Waals surface area contributed by atoms with Crippen molar-refractivity contribution in [2.75, 3.05) is 0 Å². The van der Waals surface area contributed by atoms with Crippen LogP contribution in [0.4, 0.5) is 0 Å². The van der Waals surface area contributed by atoms with E-state index in [0.29, 0.717) is 24.2 Å². The molecule has 8 heteroatoms. The molecule has 1 fully saturated rings. The molecule has 1 aliphatic carbocycles. The summed E-state index contributed by atoms with van der Waals surface area (Å²) in [4.78, 5) is 18.6. The average Bonchev–Trinajstić information content (AvgIpc) is 3.57. The monoisotopic (exact) mass is 527 g/mol. The molecular weight excluding hydrogens is 486 g/mol. The SMILES string of the molecule is CCCCc1cn(C2CCCCCCC2C(C)C)c(=O)n1Cc1cnccc1-c1cccc(-c2nn[nH]n2)c1. The second-order valence-corrected chi connectivity index (χ2v) is 11.3. The zero-order valence-corrected chi connectivity index (χ0v) is 23.5. The van der Waals surface area contributed by atoms with Crippen molar-refractivity contribution in [3.05, 3.63) is 70.7 Å². The van der Waals surface area contributed by atoms with Gasteiger partial charge in [0.25, 0.3) is 0 Å². The van der Waals surface area contributed by atoms with E-state index in [1.54, 1.807) is 0 Å². The third-order valence-corrected chi connectivity index (χ3v) is 8.38. The molecule has 2 atom stereocenters. The molecule has 0 spiro atoms. The van der Waals surface area contributed by atoms with Gasteiger partial charge in [0, 0.05) is 35.9 Å². The van der Waals surface area contributed by atoms with Crippen LogP contribution in [0.15, 0.2) is 53.7 Å². The summed E-state index contributed by atoms with van der Waals surface area (Å²) in [6.07, 6.45) is 16.3. The Balaban J connectivity index is 1.53. The van der Waals surface area contributed by atoms with Gasteiger partial charge in [0.05, 0.1) is 6.54 Å². The molecule has 0 aliphatic heterocycles. The van der Waals surface area contributed by atoms with Crippen molar-refractivity contribution < 1.29 is 0 Å². The van der Waals surface area contributed by atoms with Crippen molar-refractivity contribution in [2.24, 2.45) is 11.8 Å². The van der Waals surface area contributed by atoms with Gasteiger partial charge in [0.2, 0.25) is 5.82 Å². The lowest BCUT2D eigenvalue weighted by molar-refractivity contribution is 0.200. The molecule has 0 bridgehead atoms. The van der Waals surface area contributed by atoms with Crippen LogP contribution in [0.5, 0.6) is 0 Å². The lowest BCUT2D eigenvalue weighted by atomic mass is 9.80. The van der Waals surface area contributed by atoms with Gasteiger partial charge in [-0.3, -0.25) is 14.1 Å². The van der Waals surface area contributed by atoms with Crippen LogP contribution in [0.2, 0.25) is 0 Å². The van der Waals surface area contributed by atoms with E-state index in [0.717, 1.165) is 53.6 Å². The fourth-order valence-corrected chi connectivity index (χ4v) is 6.24. The first kappa shape index (κ1) is 27.0. The van der Waals surface area contributed by atoms with Crippen LogP contribution in [0.3, 0.4) is 0 Å². The fourth-order valence-electron chi connectivity index (χ4n) is 6.24. The summed E-state index contributed by atoms with van der Waals surface area (Å²) >= 11 is 0. The molecule has 39 heavy (non-hydrogen) atoms. The summed E-state index contributed by atoms with van der Waals surface area (Å²) in [5.41, 5.74) is 5.26. The summed E-state index contributed by atoms with van der Waals surface area (Å²) in [7, 11) is 0. The molecule has 206 valence electrons. The number of aromatic nitrogens is 7. The molecule has 0 radical (unpaired) electrons. The van der Waals surface area contributed by atoms with E-state index in [9.17, 15) is 4.79 Å². The summed E-state index contributed by atoms with van der Waals surface area (Å²) in [5, 5.41) is 14.5. The van der Waals surface area contributed by atoms with Crippen LogP contribution in [-0.2, 0) is 13.0 Å². The minimum absolute atomic E-state index is 0.118. The number of hydrogen-bond acceptors (Lipinski definition) is 5. The van der Waals surface area contributed by atoms with Gasteiger partial charge >= 0.3 is 5.69 Å². The molecule has 5 rings (SSSR count). The second-order valence-electron chi connectivity index (χ2n) is 11.3. The second kappa shape index (κ2) is 12.5. The lowest BCUT2D eigenvalue weighted by Crippen LogP contribution is -2.33. The van der Waals surface area contributed by atoms with Crippen molar-refractivity contribution in [1.29, 1.82) is 0 Å². The van der Waals surface area contributed by atoms with Crippen LogP contribution in [0.1, 0.15) is 89.4 Å². The topological polar surface area (TPSA) is 94.3 Å². The zero-order valence-electron chi connectivity index (χ0n) is 23.5. The number of aromatic amines is 1. The smallest absolute Gasteiger partial charge is 0.296 e. The Morgan fingerprint density at radius 1 is 1.08 bits per heavy atom. The maximum Gasteiger partial charge on any atom is 0.328 e. The molecule has 3 heterocycles. The van der Waals surface area contributed by atoms with E-state index in [4.69, 9.17) is 0 Å². The molecular formula is C31H41N7O. The van der Waals surface area contributed by atoms with Crippen molar-refractivity contribution in [1.82, 2.24) is 34.7 Å². The largest absolute Gasteiger partial charge is 0.328 e. The molecule has 1 N–H and O–H groups in total. The highest BCUT2D eigenvalue weighted by Gasteiger charge is 2.29. The van der Waals surface area contributed by atoms with Gasteiger partial charge in [-0.1, -0.05) is 71.1 Å². The number of nitrogens with one attached hydrogen (secondary N) is 1. The van der Waals surface area contributed by atoms with E-state index >= 15 is 0 Å². The molecule has 1 aliphatic rings. The average molecular weight is 528 g/mol. The number of imidazole rings is 1. The van der Waals surface area contributed by atoms with Gasteiger partial charge in [0.1, 0.15) is 0 Å². The predicted molar refractivity (Wildman–Crippen MR) is 154 cm³/mol. The Labute approximate surface area is 230 Å². The summed E-state index contributed by atoms with van der Waals surface area (Å²) < 4.78 is 4.11. The van der Waals surface area contributed by atoms with Gasteiger partial charge in [-0.15, -0.1) is 10.2 Å². The zero-order chi connectivity index (χ0) is 27.2. The quantitative estimate of drug-likeness (QED) is 0.270. The summed E-state index contributed by atoms with van der Waals surface area (Å²) in [5.74, 6) is 1.64. The van der Waals surface area contributed by atoms with Crippen LogP contribution in [0.25, 0.3) is 22.5 Å². The van der Waals surface area contributed by atoms with Crippen molar-refractivity contribution in [3.63, 3.8) is 0 Å². The Hall–Kier alpha value is -3.55. The molecule has 0 saturated heterocycles. The third kappa shape index (κ3) is 6.05. The highest BCUT2D eigenvalue weighted by molar-refractivity contribution is 5.72. The Morgan fingerprint density at radius 2 is 1.90 bits per heavy atom. The minimum Gasteiger partial charge on any atom is -0.296 e. The van der Waals surface area contributed by atoms with Crippen molar-refractivity contribution in [2.45, 2.75) is 91.1 Å². The predicted octanol–water partition coefficient (Wildman–Crippen LogP) is 6.45. The first-order valence-electron chi connectivity index (χ1n) is 14.6. The van der Waals surface area contributed by atoms with E-state index < -0.39 is 0 Å². The third-order valence-electron chi connectivity index (χ3n) is 8.38. The molecule has 3 aromatic heterocycles. The standard InChI is InChI=1S/C31H41N7O/c1-4-5-13-26-21-38(29-15-9-7-6-8-14-27(29)22(2)3)31(39)37(26)20-25-19-32-17-16-28(25)23-11-10-12-24(18-23)30-33-35-36-34-30/h10-12,16-19,21-22,27,29H,4-9,13-15,20H2,1-3H3,(H,33,34,35,36). The highest BCUT2D eigenvalue weighted by Crippen LogP contribution is 2.36. The van der Waals surface area contributed by atoms with Crippen LogP contribution >= 0.6 is 0 Å². The molecule has 1 saturated carbocycles. The number of unbranched alkanes of at least 4 members (excludes halogenated alkanes) is 1. The summed E-state index contributed by atoms with van der Waals surface area (Å²) in [6, 6.07) is 10.4. The minimum atomic E-state index is 0.118. The maximum atomic E-state index is 14.2. The van der Waals surface area contributed by atoms with Crippen LogP contribution in [-0.4, -0.2) is 34.7 Å². The van der Waals surface area contributed by atoms with Crippen molar-refractivity contribution in [3.8, 4) is 22.5 Å². The van der Waals surface area contributed by atoms with Gasteiger partial charge in [-0.25, -0.2) is 4.79 Å². The van der Waals surface area contributed by atoms with Gasteiger partial charge in [0.15, 0.2) is 0 Å². The number of tetrazole rings is 1. The number of H-pyrrole nitrogens is 1. The number of rotatable bonds is 9. The number of benzene rings is 1. The number of nitrogens with zero attached hydrogens (tertiary/aromatic N) is 6. The van der Waals surface area contributed by atoms with Crippen LogP contribution < -0.4 is 5.69 Å². The van der Waals surface area contributed by atoms with Gasteiger partial charge in [-0.05, 0) is 71.6 Å². The van der Waals surface area contributed by atoms with E-state index in [-0.39, 0.29) is 11.7 Å². The normalized spacial score (nSPS) is 18.3. The van der Waals surface area contributed by atoms with E-state index in [1.165, 1.54) is 32.1 Å². The molecule has 8 nitrogen and oxygen atoms in total. The van der Waals surface area contributed by atoms with Crippen LogP contribution in [0, 0.1) is 11.8 Å². The Bertz CT molecular complexity index is 1400. The number of hydrogen-bond donors (Lipinski definition) is 1. The Kier molecular flexibility index (Phi) is 8.69. The van der Waals surface area contributed by atoms with E-state index in [1.807, 2.05) is 35.2 Å². The van der Waals surface area contributed by atoms with E-state index in [2.05, 4.69) is 69.3 Å². The molecule has 1 aromatic carbocycles. The molecule has 2 unspecified atom stereocenters. The molecule has 4 aromatic rings. The Morgan fingerprint density at radius 3 is 2.67 bits per heavy atom. The number of pyridine rings is 1. The first-order chi connectivity index (χ1) is 19.1.